The third-order valence-corrected chi connectivity index (χ3v) is 1.36. The molecule has 0 heterocycles. The van der Waals surface area contributed by atoms with Crippen LogP contribution in [0.2, 0.25) is 0 Å². The first-order valence-corrected chi connectivity index (χ1v) is 3.34. The van der Waals surface area contributed by atoms with Gasteiger partial charge in [-0.3, -0.25) is 0 Å². The predicted molar refractivity (Wildman–Crippen MR) is 40.5 cm³/mol. The van der Waals surface area contributed by atoms with Gasteiger partial charge in [-0.1, -0.05) is 6.08 Å². The lowest BCUT2D eigenvalue weighted by Crippen LogP contribution is -2.28. The van der Waals surface area contributed by atoms with Crippen LogP contribution in [0.15, 0.2) is 12.7 Å². The second-order valence-electron chi connectivity index (χ2n) is 2.26. The van der Waals surface area contributed by atoms with Crippen LogP contribution < -0.4 is 5.32 Å². The highest BCUT2D eigenvalue weighted by molar-refractivity contribution is 4.75. The van der Waals surface area contributed by atoms with Gasteiger partial charge < -0.3 is 15.5 Å². The van der Waals surface area contributed by atoms with Gasteiger partial charge >= 0.3 is 0 Å². The van der Waals surface area contributed by atoms with Gasteiger partial charge in [0.2, 0.25) is 0 Å². The molecule has 0 aliphatic rings. The van der Waals surface area contributed by atoms with E-state index in [0.717, 1.165) is 0 Å². The van der Waals surface area contributed by atoms with Crippen LogP contribution in [-0.2, 0) is 0 Å². The highest BCUT2D eigenvalue weighted by Crippen LogP contribution is 2.05. The van der Waals surface area contributed by atoms with Crippen LogP contribution in [0.3, 0.4) is 0 Å². The van der Waals surface area contributed by atoms with E-state index < -0.39 is 6.29 Å². The fourth-order valence-electron chi connectivity index (χ4n) is 0.787. The largest absolute Gasteiger partial charge is 0.368 e. The molecule has 0 aliphatic carbocycles. The first kappa shape index (κ1) is 9.62. The van der Waals surface area contributed by atoms with E-state index in [9.17, 15) is 0 Å². The smallest absolute Gasteiger partial charge is 0.155 e. The molecular formula is C7H15NO2. The zero-order valence-electron chi connectivity index (χ0n) is 6.25. The fourth-order valence-corrected chi connectivity index (χ4v) is 0.787. The van der Waals surface area contributed by atoms with Crippen molar-refractivity contribution in [3.63, 3.8) is 0 Å². The van der Waals surface area contributed by atoms with Crippen LogP contribution in [0.1, 0.15) is 6.42 Å². The maximum absolute atomic E-state index is 8.74. The summed E-state index contributed by atoms with van der Waals surface area (Å²) in [6.07, 6.45) is 1.06. The SMILES string of the molecule is C=CCC(CNC)C(O)O. The van der Waals surface area contributed by atoms with Gasteiger partial charge in [0.1, 0.15) is 0 Å². The number of hydrogen-bond acceptors (Lipinski definition) is 3. The third kappa shape index (κ3) is 3.61. The topological polar surface area (TPSA) is 52.5 Å². The van der Waals surface area contributed by atoms with E-state index in [2.05, 4.69) is 11.9 Å². The molecule has 0 saturated carbocycles. The third-order valence-electron chi connectivity index (χ3n) is 1.36. The summed E-state index contributed by atoms with van der Waals surface area (Å²) in [7, 11) is 1.78. The highest BCUT2D eigenvalue weighted by atomic mass is 16.5. The van der Waals surface area contributed by atoms with Crippen molar-refractivity contribution in [3.8, 4) is 0 Å². The molecule has 0 saturated heterocycles. The summed E-state index contributed by atoms with van der Waals surface area (Å²) >= 11 is 0. The monoisotopic (exact) mass is 145 g/mol. The Morgan fingerprint density at radius 1 is 1.60 bits per heavy atom. The first-order chi connectivity index (χ1) is 4.72. The van der Waals surface area contributed by atoms with Crippen LogP contribution in [0.5, 0.6) is 0 Å². The van der Waals surface area contributed by atoms with Crippen LogP contribution in [0.25, 0.3) is 0 Å². The van der Waals surface area contributed by atoms with Crippen molar-refractivity contribution in [2.45, 2.75) is 12.7 Å². The quantitative estimate of drug-likeness (QED) is 0.368. The number of aliphatic hydroxyl groups excluding tert-OH is 1. The Bertz CT molecular complexity index is 93.6. The van der Waals surface area contributed by atoms with Crippen molar-refractivity contribution in [1.82, 2.24) is 5.32 Å². The van der Waals surface area contributed by atoms with E-state index >= 15 is 0 Å². The van der Waals surface area contributed by atoms with Gasteiger partial charge in [-0.25, -0.2) is 0 Å². The Balaban J connectivity index is 3.60. The number of hydrogen-bond donors (Lipinski definition) is 3. The van der Waals surface area contributed by atoms with Crippen LogP contribution in [-0.4, -0.2) is 30.1 Å². The van der Waals surface area contributed by atoms with Gasteiger partial charge in [-0.2, -0.15) is 0 Å². The van der Waals surface area contributed by atoms with Crippen LogP contribution in [0, 0.1) is 5.92 Å². The summed E-state index contributed by atoms with van der Waals surface area (Å²) in [4.78, 5) is 0. The highest BCUT2D eigenvalue weighted by Gasteiger charge is 2.12. The lowest BCUT2D eigenvalue weighted by molar-refractivity contribution is -0.0815. The second-order valence-corrected chi connectivity index (χ2v) is 2.26. The molecule has 0 fully saturated rings. The molecule has 0 rings (SSSR count). The average Bonchev–Trinajstić information content (AvgIpc) is 1.87. The lowest BCUT2D eigenvalue weighted by atomic mass is 10.1. The molecule has 0 aromatic carbocycles. The maximum atomic E-state index is 8.74. The summed E-state index contributed by atoms with van der Waals surface area (Å²) < 4.78 is 0. The molecule has 60 valence electrons. The van der Waals surface area contributed by atoms with E-state index in [-0.39, 0.29) is 5.92 Å². The molecule has 1 atom stereocenters. The van der Waals surface area contributed by atoms with E-state index in [1.807, 2.05) is 0 Å². The zero-order valence-corrected chi connectivity index (χ0v) is 6.25. The first-order valence-electron chi connectivity index (χ1n) is 3.34. The molecule has 0 spiro atoms. The van der Waals surface area contributed by atoms with Crippen molar-refractivity contribution < 1.29 is 10.2 Å². The standard InChI is InChI=1S/C7H15NO2/c1-3-4-6(5-8-2)7(9)10/h3,6-10H,1,4-5H2,2H3. The van der Waals surface area contributed by atoms with Crippen molar-refractivity contribution >= 4 is 0 Å². The Hall–Kier alpha value is -0.380. The van der Waals surface area contributed by atoms with Gasteiger partial charge in [0.25, 0.3) is 0 Å². The van der Waals surface area contributed by atoms with Gasteiger partial charge in [0.15, 0.2) is 6.29 Å². The minimum atomic E-state index is -1.24. The van der Waals surface area contributed by atoms with E-state index in [1.54, 1.807) is 13.1 Å². The summed E-state index contributed by atoms with van der Waals surface area (Å²) in [5, 5.41) is 20.4. The molecule has 0 aromatic rings. The Kier molecular flexibility index (Phi) is 5.20. The van der Waals surface area contributed by atoms with E-state index in [4.69, 9.17) is 10.2 Å². The van der Waals surface area contributed by atoms with Crippen molar-refractivity contribution in [3.05, 3.63) is 12.7 Å². The molecule has 0 amide bonds. The number of nitrogens with one attached hydrogen (secondary N) is 1. The normalized spacial score (nSPS) is 13.6. The van der Waals surface area contributed by atoms with Gasteiger partial charge in [-0.15, -0.1) is 6.58 Å². The second kappa shape index (κ2) is 5.41. The molecule has 0 bridgehead atoms. The minimum absolute atomic E-state index is 0.137. The number of rotatable bonds is 5. The molecule has 3 nitrogen and oxygen atoms in total. The summed E-state index contributed by atoms with van der Waals surface area (Å²) in [5.74, 6) is -0.137. The molecule has 3 N–H and O–H groups in total. The van der Waals surface area contributed by atoms with Crippen molar-refractivity contribution in [1.29, 1.82) is 0 Å². The maximum Gasteiger partial charge on any atom is 0.155 e. The molecule has 3 heteroatoms. The number of allylic oxidation sites excluding steroid dienone is 1. The summed E-state index contributed by atoms with van der Waals surface area (Å²) in [6, 6.07) is 0. The zero-order chi connectivity index (χ0) is 7.98. The molecule has 0 radical (unpaired) electrons. The molecule has 0 aliphatic heterocycles. The van der Waals surface area contributed by atoms with Crippen molar-refractivity contribution in [2.24, 2.45) is 5.92 Å². The summed E-state index contributed by atoms with van der Waals surface area (Å²) in [5.41, 5.74) is 0. The molecule has 1 unspecified atom stereocenters. The van der Waals surface area contributed by atoms with E-state index in [1.165, 1.54) is 0 Å². The molecule has 0 aromatic heterocycles. The minimum Gasteiger partial charge on any atom is -0.368 e. The van der Waals surface area contributed by atoms with Gasteiger partial charge in [-0.05, 0) is 13.5 Å². The van der Waals surface area contributed by atoms with Crippen molar-refractivity contribution in [2.75, 3.05) is 13.6 Å². The lowest BCUT2D eigenvalue weighted by Gasteiger charge is -2.15. The Morgan fingerprint density at radius 2 is 2.20 bits per heavy atom. The molecule has 10 heavy (non-hydrogen) atoms. The molecular weight excluding hydrogens is 130 g/mol. The van der Waals surface area contributed by atoms with Crippen LogP contribution in [0.4, 0.5) is 0 Å². The van der Waals surface area contributed by atoms with Gasteiger partial charge in [0, 0.05) is 12.5 Å². The average molecular weight is 145 g/mol. The van der Waals surface area contributed by atoms with E-state index in [0.29, 0.717) is 13.0 Å². The predicted octanol–water partition coefficient (Wildman–Crippen LogP) is -0.291. The fraction of sp³-hybridized carbons (Fsp3) is 0.714. The Morgan fingerprint density at radius 3 is 2.50 bits per heavy atom. The Labute approximate surface area is 61.4 Å². The number of aliphatic hydroxyl groups is 2. The van der Waals surface area contributed by atoms with Gasteiger partial charge in [0.05, 0.1) is 0 Å². The summed E-state index contributed by atoms with van der Waals surface area (Å²) in [6.45, 7) is 4.12. The van der Waals surface area contributed by atoms with Crippen LogP contribution >= 0.6 is 0 Å².